The maximum Gasteiger partial charge on any atom is 0.0586 e. The molecule has 0 spiro atoms. The number of aryl methyl sites for hydroxylation is 1. The number of nitrogens with two attached hydrogens (primary N) is 1. The molecule has 1 atom stereocenters. The highest BCUT2D eigenvalue weighted by molar-refractivity contribution is 5.37. The first-order valence-electron chi connectivity index (χ1n) is 8.32. The lowest BCUT2D eigenvalue weighted by molar-refractivity contribution is 0.0215. The van der Waals surface area contributed by atoms with Crippen molar-refractivity contribution in [3.8, 4) is 0 Å². The van der Waals surface area contributed by atoms with E-state index >= 15 is 0 Å². The molecule has 3 nitrogen and oxygen atoms in total. The molecule has 1 saturated heterocycles. The van der Waals surface area contributed by atoms with Crippen LogP contribution in [0, 0.1) is 5.92 Å². The number of likely N-dealkylation sites (tertiary alicyclic amines) is 1. The molecule has 0 amide bonds. The van der Waals surface area contributed by atoms with E-state index in [0.717, 1.165) is 32.2 Å². The zero-order valence-electron chi connectivity index (χ0n) is 13.2. The average Bonchev–Trinajstić information content (AvgIpc) is 2.55. The third kappa shape index (κ3) is 2.75. The molecule has 1 aromatic carbocycles. The summed E-state index contributed by atoms with van der Waals surface area (Å²) >= 11 is 0. The van der Waals surface area contributed by atoms with E-state index in [-0.39, 0.29) is 5.54 Å². The van der Waals surface area contributed by atoms with E-state index in [1.807, 2.05) is 7.11 Å². The Hall–Kier alpha value is -0.900. The van der Waals surface area contributed by atoms with Crippen molar-refractivity contribution >= 4 is 0 Å². The highest BCUT2D eigenvalue weighted by Gasteiger charge is 2.41. The van der Waals surface area contributed by atoms with Gasteiger partial charge in [-0.05, 0) is 62.2 Å². The molecule has 1 heterocycles. The van der Waals surface area contributed by atoms with Crippen molar-refractivity contribution in [3.63, 3.8) is 0 Å². The number of nitrogens with zero attached hydrogens (tertiary/aromatic N) is 1. The van der Waals surface area contributed by atoms with Crippen molar-refractivity contribution in [2.75, 3.05) is 33.4 Å². The van der Waals surface area contributed by atoms with E-state index in [1.165, 1.54) is 43.2 Å². The third-order valence-corrected chi connectivity index (χ3v) is 5.52. The summed E-state index contributed by atoms with van der Waals surface area (Å²) < 4.78 is 5.33. The first-order valence-corrected chi connectivity index (χ1v) is 8.32. The number of fused-ring (bicyclic) bond motifs is 1. The summed E-state index contributed by atoms with van der Waals surface area (Å²) in [5, 5.41) is 0. The van der Waals surface area contributed by atoms with Crippen LogP contribution in [0.15, 0.2) is 24.3 Å². The second kappa shape index (κ2) is 6.47. The molecular weight excluding hydrogens is 260 g/mol. The van der Waals surface area contributed by atoms with E-state index in [4.69, 9.17) is 10.5 Å². The molecule has 0 aromatic heterocycles. The fraction of sp³-hybridized carbons (Fsp3) is 0.667. The van der Waals surface area contributed by atoms with Gasteiger partial charge in [0.25, 0.3) is 0 Å². The molecule has 1 aromatic rings. The Labute approximate surface area is 128 Å². The van der Waals surface area contributed by atoms with Crippen LogP contribution in [0.25, 0.3) is 0 Å². The van der Waals surface area contributed by atoms with Crippen LogP contribution in [0.2, 0.25) is 0 Å². The number of hydrogen-bond acceptors (Lipinski definition) is 3. The van der Waals surface area contributed by atoms with Crippen molar-refractivity contribution in [2.24, 2.45) is 11.7 Å². The molecule has 2 N–H and O–H groups in total. The molecule has 0 saturated carbocycles. The Balaban J connectivity index is 1.82. The molecule has 1 fully saturated rings. The predicted molar refractivity (Wildman–Crippen MR) is 86.3 cm³/mol. The maximum atomic E-state index is 6.31. The molecule has 1 unspecified atom stereocenters. The summed E-state index contributed by atoms with van der Waals surface area (Å²) in [5.74, 6) is 0.722. The third-order valence-electron chi connectivity index (χ3n) is 5.52. The Morgan fingerprint density at radius 3 is 2.76 bits per heavy atom. The molecule has 1 aliphatic carbocycles. The average molecular weight is 288 g/mol. The zero-order chi connectivity index (χ0) is 14.7. The second-order valence-electron chi connectivity index (χ2n) is 6.63. The molecule has 0 radical (unpaired) electrons. The summed E-state index contributed by atoms with van der Waals surface area (Å²) in [7, 11) is 1.81. The Bertz CT molecular complexity index is 468. The molecule has 2 aliphatic rings. The van der Waals surface area contributed by atoms with Gasteiger partial charge in [-0.25, -0.2) is 0 Å². The van der Waals surface area contributed by atoms with Crippen LogP contribution in [0.5, 0.6) is 0 Å². The fourth-order valence-electron chi connectivity index (χ4n) is 4.33. The summed E-state index contributed by atoms with van der Waals surface area (Å²) in [5.41, 5.74) is 9.38. The van der Waals surface area contributed by atoms with Gasteiger partial charge in [-0.1, -0.05) is 24.3 Å². The summed E-state index contributed by atoms with van der Waals surface area (Å²) in [4.78, 5) is 2.66. The Morgan fingerprint density at radius 2 is 2.05 bits per heavy atom. The minimum atomic E-state index is 0.0763. The van der Waals surface area contributed by atoms with Gasteiger partial charge in [0.2, 0.25) is 0 Å². The van der Waals surface area contributed by atoms with E-state index in [0.29, 0.717) is 0 Å². The van der Waals surface area contributed by atoms with Gasteiger partial charge < -0.3 is 10.5 Å². The maximum absolute atomic E-state index is 6.31. The first-order chi connectivity index (χ1) is 10.3. The first kappa shape index (κ1) is 15.0. The number of rotatable bonds is 4. The van der Waals surface area contributed by atoms with Crippen molar-refractivity contribution in [3.05, 3.63) is 35.4 Å². The molecule has 3 rings (SSSR count). The minimum Gasteiger partial charge on any atom is -0.384 e. The van der Waals surface area contributed by atoms with Gasteiger partial charge in [-0.15, -0.1) is 0 Å². The quantitative estimate of drug-likeness (QED) is 0.925. The van der Waals surface area contributed by atoms with Gasteiger partial charge in [0.05, 0.1) is 5.54 Å². The van der Waals surface area contributed by atoms with Crippen LogP contribution >= 0.6 is 0 Å². The normalized spacial score (nSPS) is 27.5. The minimum absolute atomic E-state index is 0.0763. The lowest BCUT2D eigenvalue weighted by Gasteiger charge is -2.49. The van der Waals surface area contributed by atoms with Gasteiger partial charge in [0.1, 0.15) is 0 Å². The standard InChI is InChI=1S/C18H28N2O/c1-21-13-15-8-11-20(12-9-15)18(14-19)10-4-6-16-5-2-3-7-17(16)18/h2-3,5,7,15H,4,6,8-14,19H2,1H3. The summed E-state index contributed by atoms with van der Waals surface area (Å²) in [6, 6.07) is 8.93. The van der Waals surface area contributed by atoms with Gasteiger partial charge >= 0.3 is 0 Å². The monoisotopic (exact) mass is 288 g/mol. The van der Waals surface area contributed by atoms with Crippen molar-refractivity contribution in [1.82, 2.24) is 4.90 Å². The van der Waals surface area contributed by atoms with Crippen molar-refractivity contribution < 1.29 is 4.74 Å². The van der Waals surface area contributed by atoms with Crippen LogP contribution < -0.4 is 5.73 Å². The molecule has 0 bridgehead atoms. The van der Waals surface area contributed by atoms with Crippen molar-refractivity contribution in [2.45, 2.75) is 37.6 Å². The smallest absolute Gasteiger partial charge is 0.0586 e. The lowest BCUT2D eigenvalue weighted by atomic mass is 9.74. The highest BCUT2D eigenvalue weighted by Crippen LogP contribution is 2.41. The topological polar surface area (TPSA) is 38.5 Å². The fourth-order valence-corrected chi connectivity index (χ4v) is 4.33. The van der Waals surface area contributed by atoms with Crippen LogP contribution in [-0.2, 0) is 16.7 Å². The van der Waals surface area contributed by atoms with E-state index in [2.05, 4.69) is 29.2 Å². The highest BCUT2D eigenvalue weighted by atomic mass is 16.5. The second-order valence-corrected chi connectivity index (χ2v) is 6.63. The Kier molecular flexibility index (Phi) is 4.63. The molecule has 116 valence electrons. The zero-order valence-corrected chi connectivity index (χ0v) is 13.2. The lowest BCUT2D eigenvalue weighted by Crippen LogP contribution is -2.55. The number of piperidine rings is 1. The number of ether oxygens (including phenoxy) is 1. The molecule has 21 heavy (non-hydrogen) atoms. The van der Waals surface area contributed by atoms with Gasteiger partial charge in [0.15, 0.2) is 0 Å². The largest absolute Gasteiger partial charge is 0.384 e. The van der Waals surface area contributed by atoms with Gasteiger partial charge in [0, 0.05) is 20.3 Å². The van der Waals surface area contributed by atoms with Crippen LogP contribution in [0.4, 0.5) is 0 Å². The van der Waals surface area contributed by atoms with Crippen LogP contribution in [-0.4, -0.2) is 38.3 Å². The molecule has 3 heteroatoms. The summed E-state index contributed by atoms with van der Waals surface area (Å²) in [6.07, 6.45) is 6.13. The SMILES string of the molecule is COCC1CCN(C2(CN)CCCc3ccccc32)CC1. The number of methoxy groups -OCH3 is 1. The van der Waals surface area contributed by atoms with Crippen LogP contribution in [0.3, 0.4) is 0 Å². The van der Waals surface area contributed by atoms with Gasteiger partial charge in [-0.2, -0.15) is 0 Å². The molecular formula is C18H28N2O. The van der Waals surface area contributed by atoms with E-state index in [9.17, 15) is 0 Å². The summed E-state index contributed by atoms with van der Waals surface area (Å²) in [6.45, 7) is 3.94. The number of benzene rings is 1. The molecule has 1 aliphatic heterocycles. The van der Waals surface area contributed by atoms with E-state index in [1.54, 1.807) is 0 Å². The predicted octanol–water partition coefficient (Wildman–Crippen LogP) is 2.54. The number of hydrogen-bond donors (Lipinski definition) is 1. The van der Waals surface area contributed by atoms with Crippen molar-refractivity contribution in [1.29, 1.82) is 0 Å². The van der Waals surface area contributed by atoms with Gasteiger partial charge in [-0.3, -0.25) is 4.90 Å². The van der Waals surface area contributed by atoms with E-state index < -0.39 is 0 Å². The Morgan fingerprint density at radius 1 is 1.29 bits per heavy atom. The van der Waals surface area contributed by atoms with Crippen LogP contribution in [0.1, 0.15) is 36.8 Å².